The third kappa shape index (κ3) is 3.67. The smallest absolute Gasteiger partial charge is 0.281 e. The molecule has 0 aliphatic carbocycles. The summed E-state index contributed by atoms with van der Waals surface area (Å²) in [6.07, 6.45) is 1.51. The predicted molar refractivity (Wildman–Crippen MR) is 74.8 cm³/mol. The summed E-state index contributed by atoms with van der Waals surface area (Å²) in [5, 5.41) is 0. The van der Waals surface area contributed by atoms with Crippen LogP contribution in [0.2, 0.25) is 0 Å². The molecule has 6 nitrogen and oxygen atoms in total. The zero-order valence-corrected chi connectivity index (χ0v) is 13.1. The average molecular weight is 291 g/mol. The summed E-state index contributed by atoms with van der Waals surface area (Å²) in [6.45, 7) is 6.04. The molecule has 1 heterocycles. The van der Waals surface area contributed by atoms with E-state index in [2.05, 4.69) is 0 Å². The SMILES string of the molecule is CCN(CC)C(=O)[C@@H]1CCCN(S(=O)(=O)N(C)C)C1. The Bertz CT molecular complexity index is 404. The summed E-state index contributed by atoms with van der Waals surface area (Å²) >= 11 is 0. The summed E-state index contributed by atoms with van der Waals surface area (Å²) < 4.78 is 26.8. The maximum atomic E-state index is 12.3. The Kier molecular flexibility index (Phi) is 5.76. The number of rotatable bonds is 5. The highest BCUT2D eigenvalue weighted by Crippen LogP contribution is 2.22. The number of hydrogen-bond acceptors (Lipinski definition) is 3. The van der Waals surface area contributed by atoms with Gasteiger partial charge in [-0.25, -0.2) is 0 Å². The van der Waals surface area contributed by atoms with Gasteiger partial charge in [-0.3, -0.25) is 4.79 Å². The number of carbonyl (C=O) groups is 1. The molecule has 0 unspecified atom stereocenters. The third-order valence-corrected chi connectivity index (χ3v) is 5.50. The fourth-order valence-electron chi connectivity index (χ4n) is 2.38. The predicted octanol–water partition coefficient (Wildman–Crippen LogP) is 0.373. The average Bonchev–Trinajstić information content (AvgIpc) is 2.40. The molecular weight excluding hydrogens is 266 g/mol. The summed E-state index contributed by atoms with van der Waals surface area (Å²) in [4.78, 5) is 14.1. The molecule has 1 atom stereocenters. The highest BCUT2D eigenvalue weighted by atomic mass is 32.2. The number of hydrogen-bond donors (Lipinski definition) is 0. The lowest BCUT2D eigenvalue weighted by molar-refractivity contribution is -0.136. The van der Waals surface area contributed by atoms with Gasteiger partial charge in [0.25, 0.3) is 10.2 Å². The molecule has 0 aromatic rings. The number of piperidine rings is 1. The lowest BCUT2D eigenvalue weighted by Crippen LogP contribution is -2.49. The maximum absolute atomic E-state index is 12.3. The van der Waals surface area contributed by atoms with Gasteiger partial charge in [0.2, 0.25) is 5.91 Å². The van der Waals surface area contributed by atoms with E-state index in [1.807, 2.05) is 13.8 Å². The number of nitrogens with zero attached hydrogens (tertiary/aromatic N) is 3. The standard InChI is InChI=1S/C12H25N3O3S/c1-5-14(6-2)12(16)11-8-7-9-15(10-11)19(17,18)13(3)4/h11H,5-10H2,1-4H3/t11-/m1/s1. The van der Waals surface area contributed by atoms with Gasteiger partial charge in [-0.2, -0.15) is 17.0 Å². The topological polar surface area (TPSA) is 60.9 Å². The van der Waals surface area contributed by atoms with Crippen molar-refractivity contribution in [1.29, 1.82) is 0 Å². The quantitative estimate of drug-likeness (QED) is 0.735. The van der Waals surface area contributed by atoms with Gasteiger partial charge in [0.1, 0.15) is 0 Å². The Morgan fingerprint density at radius 3 is 2.32 bits per heavy atom. The van der Waals surface area contributed by atoms with Crippen molar-refractivity contribution < 1.29 is 13.2 Å². The molecule has 0 N–H and O–H groups in total. The van der Waals surface area contributed by atoms with Crippen molar-refractivity contribution in [2.75, 3.05) is 40.3 Å². The second-order valence-corrected chi connectivity index (χ2v) is 7.14. The van der Waals surface area contributed by atoms with Crippen molar-refractivity contribution in [2.45, 2.75) is 26.7 Å². The Labute approximate surface area is 116 Å². The number of carbonyl (C=O) groups excluding carboxylic acids is 1. The Balaban J connectivity index is 2.78. The molecule has 1 rings (SSSR count). The Hall–Kier alpha value is -0.660. The summed E-state index contributed by atoms with van der Waals surface area (Å²) in [5.74, 6) is -0.132. The van der Waals surface area contributed by atoms with Crippen LogP contribution in [0.25, 0.3) is 0 Å². The van der Waals surface area contributed by atoms with Crippen molar-refractivity contribution in [3.8, 4) is 0 Å². The van der Waals surface area contributed by atoms with E-state index in [1.165, 1.54) is 22.7 Å². The van der Waals surface area contributed by atoms with Crippen LogP contribution in [0.3, 0.4) is 0 Å². The van der Waals surface area contributed by atoms with Gasteiger partial charge < -0.3 is 4.90 Å². The fraction of sp³-hybridized carbons (Fsp3) is 0.917. The molecule has 0 aromatic carbocycles. The lowest BCUT2D eigenvalue weighted by Gasteiger charge is -2.34. The van der Waals surface area contributed by atoms with Gasteiger partial charge >= 0.3 is 0 Å². The first-order valence-corrected chi connectivity index (χ1v) is 8.20. The minimum Gasteiger partial charge on any atom is -0.343 e. The molecule has 1 fully saturated rings. The van der Waals surface area contributed by atoms with E-state index >= 15 is 0 Å². The van der Waals surface area contributed by atoms with E-state index in [1.54, 1.807) is 4.90 Å². The molecule has 1 aliphatic rings. The van der Waals surface area contributed by atoms with Gasteiger partial charge in [-0.05, 0) is 26.7 Å². The van der Waals surface area contributed by atoms with E-state index in [4.69, 9.17) is 0 Å². The van der Waals surface area contributed by atoms with Crippen LogP contribution in [0.5, 0.6) is 0 Å². The van der Waals surface area contributed by atoms with Crippen molar-refractivity contribution >= 4 is 16.1 Å². The van der Waals surface area contributed by atoms with Crippen molar-refractivity contribution in [3.05, 3.63) is 0 Å². The first-order valence-electron chi connectivity index (χ1n) is 6.80. The molecule has 0 saturated carbocycles. The Morgan fingerprint density at radius 1 is 1.26 bits per heavy atom. The minimum absolute atomic E-state index is 0.0728. The molecule has 1 saturated heterocycles. The van der Waals surface area contributed by atoms with Gasteiger partial charge in [-0.15, -0.1) is 0 Å². The van der Waals surface area contributed by atoms with E-state index in [-0.39, 0.29) is 11.8 Å². The maximum Gasteiger partial charge on any atom is 0.281 e. The summed E-state index contributed by atoms with van der Waals surface area (Å²) in [7, 11) is -0.372. The van der Waals surface area contributed by atoms with E-state index < -0.39 is 10.2 Å². The second kappa shape index (κ2) is 6.67. The molecule has 0 aromatic heterocycles. The zero-order chi connectivity index (χ0) is 14.6. The van der Waals surface area contributed by atoms with E-state index in [0.717, 1.165) is 12.8 Å². The van der Waals surface area contributed by atoms with Crippen LogP contribution in [-0.4, -0.2) is 68.1 Å². The summed E-state index contributed by atoms with van der Waals surface area (Å²) in [5.41, 5.74) is 0. The van der Waals surface area contributed by atoms with Crippen molar-refractivity contribution in [3.63, 3.8) is 0 Å². The normalized spacial score (nSPS) is 21.6. The largest absolute Gasteiger partial charge is 0.343 e. The molecule has 19 heavy (non-hydrogen) atoms. The fourth-order valence-corrected chi connectivity index (χ4v) is 3.57. The van der Waals surface area contributed by atoms with Crippen LogP contribution in [0.4, 0.5) is 0 Å². The summed E-state index contributed by atoms with van der Waals surface area (Å²) in [6, 6.07) is 0. The zero-order valence-electron chi connectivity index (χ0n) is 12.3. The van der Waals surface area contributed by atoms with Crippen LogP contribution in [-0.2, 0) is 15.0 Å². The van der Waals surface area contributed by atoms with E-state index in [0.29, 0.717) is 26.2 Å². The van der Waals surface area contributed by atoms with Gasteiger partial charge in [0.15, 0.2) is 0 Å². The van der Waals surface area contributed by atoms with Crippen molar-refractivity contribution in [1.82, 2.24) is 13.5 Å². The van der Waals surface area contributed by atoms with Crippen LogP contribution >= 0.6 is 0 Å². The molecule has 1 aliphatic heterocycles. The molecule has 0 spiro atoms. The monoisotopic (exact) mass is 291 g/mol. The molecule has 0 radical (unpaired) electrons. The highest BCUT2D eigenvalue weighted by Gasteiger charge is 2.34. The number of amides is 1. The molecular formula is C12H25N3O3S. The van der Waals surface area contributed by atoms with Crippen LogP contribution in [0.1, 0.15) is 26.7 Å². The Morgan fingerprint density at radius 2 is 1.84 bits per heavy atom. The van der Waals surface area contributed by atoms with Crippen LogP contribution in [0, 0.1) is 5.92 Å². The molecule has 0 bridgehead atoms. The second-order valence-electron chi connectivity index (χ2n) is 5.00. The van der Waals surface area contributed by atoms with Gasteiger partial charge in [-0.1, -0.05) is 0 Å². The first kappa shape index (κ1) is 16.4. The molecule has 1 amide bonds. The van der Waals surface area contributed by atoms with Gasteiger partial charge in [0, 0.05) is 40.3 Å². The molecule has 112 valence electrons. The first-order chi connectivity index (χ1) is 8.84. The minimum atomic E-state index is -3.41. The third-order valence-electron chi connectivity index (χ3n) is 3.60. The molecule has 7 heteroatoms. The van der Waals surface area contributed by atoms with Gasteiger partial charge in [0.05, 0.1) is 5.92 Å². The van der Waals surface area contributed by atoms with Crippen molar-refractivity contribution in [2.24, 2.45) is 5.92 Å². The highest BCUT2D eigenvalue weighted by molar-refractivity contribution is 7.86. The van der Waals surface area contributed by atoms with E-state index in [9.17, 15) is 13.2 Å². The lowest BCUT2D eigenvalue weighted by atomic mass is 9.98. The van der Waals surface area contributed by atoms with Crippen LogP contribution in [0.15, 0.2) is 0 Å². The van der Waals surface area contributed by atoms with Crippen LogP contribution < -0.4 is 0 Å².